The minimum atomic E-state index is -0.410. The molecule has 0 bridgehead atoms. The molecule has 1 saturated heterocycles. The van der Waals surface area contributed by atoms with E-state index in [1.807, 2.05) is 0 Å². The summed E-state index contributed by atoms with van der Waals surface area (Å²) in [5.74, 6) is 0.539. The Morgan fingerprint density at radius 2 is 1.87 bits per heavy atom. The molecule has 168 valence electrons. The number of rotatable bonds is 3. The molecule has 4 atom stereocenters. The summed E-state index contributed by atoms with van der Waals surface area (Å²) in [6.07, 6.45) is 11.7. The molecular weight excluding hydrogens is 376 g/mol. The van der Waals surface area contributed by atoms with Gasteiger partial charge in [-0.25, -0.2) is 0 Å². The van der Waals surface area contributed by atoms with Crippen molar-refractivity contribution in [2.75, 3.05) is 20.3 Å². The van der Waals surface area contributed by atoms with Gasteiger partial charge in [-0.2, -0.15) is 0 Å². The molecule has 2 saturated carbocycles. The molecule has 0 aromatic rings. The van der Waals surface area contributed by atoms with Gasteiger partial charge in [-0.3, -0.25) is 4.79 Å². The van der Waals surface area contributed by atoms with Crippen LogP contribution in [-0.4, -0.2) is 32.1 Å². The van der Waals surface area contributed by atoms with Crippen LogP contribution >= 0.6 is 0 Å². The van der Waals surface area contributed by atoms with Crippen LogP contribution in [0.15, 0.2) is 23.3 Å². The van der Waals surface area contributed by atoms with E-state index >= 15 is 0 Å². The lowest BCUT2D eigenvalue weighted by Gasteiger charge is -2.65. The lowest BCUT2D eigenvalue weighted by atomic mass is 9.42. The van der Waals surface area contributed by atoms with Crippen molar-refractivity contribution >= 4 is 5.97 Å². The normalized spacial score (nSPS) is 40.6. The largest absolute Gasteiger partial charge is 0.469 e. The average Bonchev–Trinajstić information content (AvgIpc) is 3.18. The third-order valence-corrected chi connectivity index (χ3v) is 9.28. The summed E-state index contributed by atoms with van der Waals surface area (Å²) in [6, 6.07) is 0. The Labute approximate surface area is 182 Å². The van der Waals surface area contributed by atoms with Crippen LogP contribution in [0.1, 0.15) is 79.6 Å². The Hall–Kier alpha value is -1.13. The Morgan fingerprint density at radius 3 is 2.53 bits per heavy atom. The van der Waals surface area contributed by atoms with Gasteiger partial charge < -0.3 is 14.2 Å². The highest BCUT2D eigenvalue weighted by atomic mass is 16.7. The molecule has 4 rings (SSSR count). The number of methoxy groups -OCH3 is 1. The zero-order valence-corrected chi connectivity index (χ0v) is 19.8. The van der Waals surface area contributed by atoms with E-state index in [9.17, 15) is 4.79 Å². The quantitative estimate of drug-likeness (QED) is 0.430. The smallest absolute Gasteiger partial charge is 0.305 e. The Morgan fingerprint density at radius 1 is 1.17 bits per heavy atom. The van der Waals surface area contributed by atoms with Crippen LogP contribution in [0.2, 0.25) is 0 Å². The molecule has 0 aromatic heterocycles. The van der Waals surface area contributed by atoms with Crippen LogP contribution in [0.25, 0.3) is 0 Å². The van der Waals surface area contributed by atoms with Gasteiger partial charge in [0.2, 0.25) is 0 Å². The molecule has 1 aliphatic heterocycles. The van der Waals surface area contributed by atoms with Crippen LogP contribution in [0.3, 0.4) is 0 Å². The summed E-state index contributed by atoms with van der Waals surface area (Å²) in [7, 11) is 1.47. The van der Waals surface area contributed by atoms with Gasteiger partial charge in [0.1, 0.15) is 0 Å². The molecule has 30 heavy (non-hydrogen) atoms. The van der Waals surface area contributed by atoms with Crippen molar-refractivity contribution in [1.29, 1.82) is 0 Å². The van der Waals surface area contributed by atoms with E-state index in [-0.39, 0.29) is 22.2 Å². The predicted molar refractivity (Wildman–Crippen MR) is 118 cm³/mol. The van der Waals surface area contributed by atoms with Gasteiger partial charge in [0.25, 0.3) is 0 Å². The fourth-order valence-corrected chi connectivity index (χ4v) is 7.75. The van der Waals surface area contributed by atoms with E-state index in [0.717, 1.165) is 45.3 Å². The fourth-order valence-electron chi connectivity index (χ4n) is 7.75. The number of allylic oxidation sites excluding steroid dienone is 4. The minimum Gasteiger partial charge on any atom is -0.469 e. The first-order chi connectivity index (χ1) is 14.1. The monoisotopic (exact) mass is 416 g/mol. The first-order valence-corrected chi connectivity index (χ1v) is 11.9. The van der Waals surface area contributed by atoms with Gasteiger partial charge in [0.15, 0.2) is 5.79 Å². The Bertz CT molecular complexity index is 757. The molecule has 1 spiro atoms. The standard InChI is InChI=1S/C26H40O4/c1-18-10-11-21-24(4,19(18)8-7-9-22(27)28-6)13-12-20-23(2,3)26(29-16-17-30-26)15-14-25(20,21)5/h8,11,18,20H,7,9-10,12-17H2,1-6H3/t18-,20-,24?,25-/m0/s1. The number of hydrogen-bond donors (Lipinski definition) is 0. The number of carbonyl (C=O) groups excluding carboxylic acids is 1. The van der Waals surface area contributed by atoms with Crippen LogP contribution in [-0.2, 0) is 19.0 Å². The molecule has 0 aromatic carbocycles. The van der Waals surface area contributed by atoms with Crippen molar-refractivity contribution in [2.45, 2.75) is 85.4 Å². The average molecular weight is 417 g/mol. The van der Waals surface area contributed by atoms with Crippen molar-refractivity contribution in [3.8, 4) is 0 Å². The van der Waals surface area contributed by atoms with Crippen LogP contribution in [0.4, 0.5) is 0 Å². The highest BCUT2D eigenvalue weighted by Gasteiger charge is 2.66. The number of ether oxygens (including phenoxy) is 3. The summed E-state index contributed by atoms with van der Waals surface area (Å²) >= 11 is 0. The number of hydrogen-bond acceptors (Lipinski definition) is 4. The second-order valence-corrected chi connectivity index (χ2v) is 11.0. The number of fused-ring (bicyclic) bond motifs is 3. The van der Waals surface area contributed by atoms with Crippen molar-refractivity contribution in [2.24, 2.45) is 28.1 Å². The molecule has 0 amide bonds. The molecular formula is C26H40O4. The van der Waals surface area contributed by atoms with Crippen LogP contribution < -0.4 is 0 Å². The zero-order chi connectivity index (χ0) is 21.8. The molecule has 4 heteroatoms. The van der Waals surface area contributed by atoms with Crippen molar-refractivity contribution in [3.05, 3.63) is 23.3 Å². The molecule has 1 heterocycles. The SMILES string of the molecule is COC(=O)CCC=C1[C@@H](C)CC=C2C1(C)CC[C@H]1C(C)(C)C3(CC[C@]21C)OCCO3. The van der Waals surface area contributed by atoms with E-state index in [1.54, 1.807) is 5.57 Å². The minimum absolute atomic E-state index is 0.0174. The number of carbonyl (C=O) groups is 1. The second-order valence-electron chi connectivity index (χ2n) is 11.0. The molecule has 0 radical (unpaired) electrons. The van der Waals surface area contributed by atoms with Gasteiger partial charge in [0, 0.05) is 23.7 Å². The zero-order valence-electron chi connectivity index (χ0n) is 19.8. The first kappa shape index (κ1) is 22.1. The van der Waals surface area contributed by atoms with Crippen LogP contribution in [0.5, 0.6) is 0 Å². The molecule has 1 unspecified atom stereocenters. The van der Waals surface area contributed by atoms with E-state index in [1.165, 1.54) is 19.1 Å². The van der Waals surface area contributed by atoms with Gasteiger partial charge in [-0.1, -0.05) is 57.9 Å². The number of esters is 1. The molecule has 3 fully saturated rings. The maximum atomic E-state index is 11.6. The Kier molecular flexibility index (Phi) is 5.50. The summed E-state index contributed by atoms with van der Waals surface area (Å²) in [5.41, 5.74) is 3.41. The fraction of sp³-hybridized carbons (Fsp3) is 0.808. The second kappa shape index (κ2) is 7.48. The maximum Gasteiger partial charge on any atom is 0.305 e. The highest BCUT2D eigenvalue weighted by Crippen LogP contribution is 2.70. The van der Waals surface area contributed by atoms with Gasteiger partial charge >= 0.3 is 5.97 Å². The molecule has 0 N–H and O–H groups in total. The topological polar surface area (TPSA) is 44.8 Å². The predicted octanol–water partition coefficient (Wildman–Crippen LogP) is 5.82. The van der Waals surface area contributed by atoms with E-state index in [0.29, 0.717) is 18.3 Å². The van der Waals surface area contributed by atoms with Gasteiger partial charge in [0.05, 0.1) is 20.3 Å². The summed E-state index contributed by atoms with van der Waals surface area (Å²) in [5, 5.41) is 0. The van der Waals surface area contributed by atoms with Gasteiger partial charge in [-0.05, 0) is 49.4 Å². The summed E-state index contributed by atoms with van der Waals surface area (Å²) < 4.78 is 17.4. The van der Waals surface area contributed by atoms with Crippen molar-refractivity contribution in [3.63, 3.8) is 0 Å². The summed E-state index contributed by atoms with van der Waals surface area (Å²) in [6.45, 7) is 13.5. The van der Waals surface area contributed by atoms with Gasteiger partial charge in [-0.15, -0.1) is 0 Å². The van der Waals surface area contributed by atoms with Crippen LogP contribution in [0, 0.1) is 28.1 Å². The first-order valence-electron chi connectivity index (χ1n) is 11.9. The lowest BCUT2D eigenvalue weighted by molar-refractivity contribution is -0.284. The lowest BCUT2D eigenvalue weighted by Crippen LogP contribution is -2.62. The Balaban J connectivity index is 1.67. The van der Waals surface area contributed by atoms with Crippen molar-refractivity contribution in [1.82, 2.24) is 0 Å². The summed E-state index contributed by atoms with van der Waals surface area (Å²) in [4.78, 5) is 11.6. The molecule has 4 nitrogen and oxygen atoms in total. The van der Waals surface area contributed by atoms with E-state index in [4.69, 9.17) is 14.2 Å². The highest BCUT2D eigenvalue weighted by molar-refractivity contribution is 5.69. The molecule has 3 aliphatic carbocycles. The van der Waals surface area contributed by atoms with E-state index in [2.05, 4.69) is 46.8 Å². The molecule has 4 aliphatic rings. The van der Waals surface area contributed by atoms with Crippen molar-refractivity contribution < 1.29 is 19.0 Å². The maximum absolute atomic E-state index is 11.6. The third kappa shape index (κ3) is 3.04. The third-order valence-electron chi connectivity index (χ3n) is 9.28. The van der Waals surface area contributed by atoms with E-state index < -0.39 is 5.79 Å².